The molecule has 0 amide bonds. The van der Waals surface area contributed by atoms with Gasteiger partial charge in [-0.1, -0.05) is 42.1 Å². The molecule has 1 atom stereocenters. The number of thioether (sulfide) groups is 1. The number of hydrogen-bond donors (Lipinski definition) is 0. The van der Waals surface area contributed by atoms with E-state index in [0.717, 1.165) is 28.3 Å². The van der Waals surface area contributed by atoms with E-state index < -0.39 is 0 Å². The Labute approximate surface area is 182 Å². The number of aromatic nitrogens is 4. The standard InChI is InChI=1S/C23H29N5OS/c1-17-20(29-16-24-17)21-25-26-22(27(21)2)30-14-6-11-28-12-9-23(10-13-28)15-19(23)18-7-4-3-5-8-18/h3-5,7-8,16,19H,6,9-15H2,1-2H3/t19-/m0/s1. The second-order valence-corrected chi connectivity index (χ2v) is 9.77. The smallest absolute Gasteiger partial charge is 0.202 e. The lowest BCUT2D eigenvalue weighted by Crippen LogP contribution is -2.35. The summed E-state index contributed by atoms with van der Waals surface area (Å²) in [5.74, 6) is 3.30. The molecule has 5 rings (SSSR count). The maximum atomic E-state index is 5.46. The summed E-state index contributed by atoms with van der Waals surface area (Å²) in [4.78, 5) is 6.79. The molecular weight excluding hydrogens is 394 g/mol. The number of nitrogens with zero attached hydrogens (tertiary/aromatic N) is 5. The molecule has 0 radical (unpaired) electrons. The summed E-state index contributed by atoms with van der Waals surface area (Å²) >= 11 is 1.77. The van der Waals surface area contributed by atoms with Crippen molar-refractivity contribution in [3.8, 4) is 11.6 Å². The third kappa shape index (κ3) is 3.81. The van der Waals surface area contributed by atoms with Gasteiger partial charge in [0.25, 0.3) is 0 Å². The zero-order chi connectivity index (χ0) is 20.6. The molecule has 0 N–H and O–H groups in total. The normalized spacial score (nSPS) is 20.7. The van der Waals surface area contributed by atoms with Crippen molar-refractivity contribution in [2.45, 2.75) is 43.7 Å². The van der Waals surface area contributed by atoms with Gasteiger partial charge < -0.3 is 13.9 Å². The van der Waals surface area contributed by atoms with Gasteiger partial charge in [0.15, 0.2) is 17.3 Å². The first-order chi connectivity index (χ1) is 14.7. The van der Waals surface area contributed by atoms with E-state index in [9.17, 15) is 0 Å². The highest BCUT2D eigenvalue weighted by Gasteiger charge is 2.54. The van der Waals surface area contributed by atoms with Gasteiger partial charge in [-0.3, -0.25) is 0 Å². The molecule has 1 aliphatic carbocycles. The van der Waals surface area contributed by atoms with E-state index in [1.807, 2.05) is 18.5 Å². The van der Waals surface area contributed by atoms with Gasteiger partial charge in [-0.25, -0.2) is 4.98 Å². The summed E-state index contributed by atoms with van der Waals surface area (Å²) in [5, 5.41) is 9.56. The van der Waals surface area contributed by atoms with E-state index >= 15 is 0 Å². The molecule has 30 heavy (non-hydrogen) atoms. The number of rotatable bonds is 7. The summed E-state index contributed by atoms with van der Waals surface area (Å²) in [6, 6.07) is 11.1. The van der Waals surface area contributed by atoms with Crippen LogP contribution < -0.4 is 0 Å². The summed E-state index contributed by atoms with van der Waals surface area (Å²) in [6.07, 6.45) is 6.72. The maximum Gasteiger partial charge on any atom is 0.202 e. The minimum absolute atomic E-state index is 0.598. The van der Waals surface area contributed by atoms with E-state index in [1.54, 1.807) is 17.3 Å². The van der Waals surface area contributed by atoms with Crippen LogP contribution in [0.3, 0.4) is 0 Å². The van der Waals surface area contributed by atoms with Crippen LogP contribution in [0.15, 0.2) is 46.3 Å². The van der Waals surface area contributed by atoms with E-state index in [2.05, 4.69) is 50.4 Å². The fraction of sp³-hybridized carbons (Fsp3) is 0.522. The van der Waals surface area contributed by atoms with Crippen molar-refractivity contribution in [1.29, 1.82) is 0 Å². The van der Waals surface area contributed by atoms with Gasteiger partial charge in [0.2, 0.25) is 5.82 Å². The summed E-state index contributed by atoms with van der Waals surface area (Å²) in [5.41, 5.74) is 2.99. The average molecular weight is 424 g/mol. The van der Waals surface area contributed by atoms with Gasteiger partial charge in [0.1, 0.15) is 0 Å². The molecule has 1 spiro atoms. The highest BCUT2D eigenvalue weighted by molar-refractivity contribution is 7.99. The lowest BCUT2D eigenvalue weighted by molar-refractivity contribution is 0.170. The summed E-state index contributed by atoms with van der Waals surface area (Å²) < 4.78 is 7.46. The highest BCUT2D eigenvalue weighted by atomic mass is 32.2. The van der Waals surface area contributed by atoms with E-state index in [4.69, 9.17) is 4.42 Å². The van der Waals surface area contributed by atoms with Crippen LogP contribution in [0.5, 0.6) is 0 Å². The molecule has 6 nitrogen and oxygen atoms in total. The first-order valence-electron chi connectivity index (χ1n) is 10.9. The van der Waals surface area contributed by atoms with Crippen molar-refractivity contribution >= 4 is 11.8 Å². The number of likely N-dealkylation sites (tertiary alicyclic amines) is 1. The van der Waals surface area contributed by atoms with Crippen LogP contribution in [0, 0.1) is 12.3 Å². The highest BCUT2D eigenvalue weighted by Crippen LogP contribution is 2.64. The molecule has 7 heteroatoms. The van der Waals surface area contributed by atoms with Crippen molar-refractivity contribution in [1.82, 2.24) is 24.6 Å². The van der Waals surface area contributed by atoms with Crippen LogP contribution in [0.4, 0.5) is 0 Å². The number of oxazole rings is 1. The van der Waals surface area contributed by atoms with Crippen LogP contribution in [-0.2, 0) is 7.05 Å². The van der Waals surface area contributed by atoms with Gasteiger partial charge in [-0.05, 0) is 69.1 Å². The molecule has 1 saturated carbocycles. The van der Waals surface area contributed by atoms with Crippen molar-refractivity contribution in [2.24, 2.45) is 12.5 Å². The predicted molar refractivity (Wildman–Crippen MR) is 118 cm³/mol. The molecule has 0 bridgehead atoms. The van der Waals surface area contributed by atoms with Gasteiger partial charge in [0.05, 0.1) is 5.69 Å². The third-order valence-electron chi connectivity index (χ3n) is 6.88. The molecule has 1 aliphatic heterocycles. The second kappa shape index (κ2) is 8.19. The molecular formula is C23H29N5OS. The third-order valence-corrected chi connectivity index (χ3v) is 7.98. The number of benzene rings is 1. The molecule has 158 valence electrons. The monoisotopic (exact) mass is 423 g/mol. The first kappa shape index (κ1) is 19.8. The topological polar surface area (TPSA) is 60.0 Å². The Morgan fingerprint density at radius 1 is 1.17 bits per heavy atom. The lowest BCUT2D eigenvalue weighted by Gasteiger charge is -2.33. The Bertz CT molecular complexity index is 990. The fourth-order valence-corrected chi connectivity index (χ4v) is 5.72. The van der Waals surface area contributed by atoms with Gasteiger partial charge in [-0.2, -0.15) is 0 Å². The first-order valence-corrected chi connectivity index (χ1v) is 11.8. The maximum absolute atomic E-state index is 5.46. The van der Waals surface area contributed by atoms with Crippen LogP contribution in [0.25, 0.3) is 11.6 Å². The Balaban J connectivity index is 1.06. The molecule has 0 unspecified atom stereocenters. The van der Waals surface area contributed by atoms with Crippen LogP contribution in [-0.4, -0.2) is 50.0 Å². The zero-order valence-corrected chi connectivity index (χ0v) is 18.6. The average Bonchev–Trinajstić information content (AvgIpc) is 3.09. The number of aryl methyl sites for hydroxylation is 1. The van der Waals surface area contributed by atoms with E-state index in [0.29, 0.717) is 11.2 Å². The quantitative estimate of drug-likeness (QED) is 0.411. The van der Waals surface area contributed by atoms with Crippen molar-refractivity contribution in [3.63, 3.8) is 0 Å². The molecule has 1 aromatic carbocycles. The number of hydrogen-bond acceptors (Lipinski definition) is 6. The Morgan fingerprint density at radius 2 is 1.97 bits per heavy atom. The van der Waals surface area contributed by atoms with Crippen molar-refractivity contribution in [2.75, 3.05) is 25.4 Å². The molecule has 3 aromatic rings. The van der Waals surface area contributed by atoms with Gasteiger partial charge in [-0.15, -0.1) is 10.2 Å². The van der Waals surface area contributed by atoms with Crippen LogP contribution in [0.2, 0.25) is 0 Å². The second-order valence-electron chi connectivity index (χ2n) is 8.71. The molecule has 2 aromatic heterocycles. The Morgan fingerprint density at radius 3 is 2.70 bits per heavy atom. The van der Waals surface area contributed by atoms with Crippen LogP contribution >= 0.6 is 11.8 Å². The fourth-order valence-electron chi connectivity index (χ4n) is 4.89. The van der Waals surface area contributed by atoms with Gasteiger partial charge in [0, 0.05) is 12.8 Å². The minimum atomic E-state index is 0.598. The molecule has 3 heterocycles. The van der Waals surface area contributed by atoms with Gasteiger partial charge >= 0.3 is 0 Å². The molecule has 1 saturated heterocycles. The van der Waals surface area contributed by atoms with E-state index in [-0.39, 0.29) is 0 Å². The van der Waals surface area contributed by atoms with Crippen molar-refractivity contribution in [3.05, 3.63) is 48.0 Å². The van der Waals surface area contributed by atoms with Crippen LogP contribution in [0.1, 0.15) is 42.9 Å². The Kier molecular flexibility index (Phi) is 5.41. The molecule has 2 aliphatic rings. The minimum Gasteiger partial charge on any atom is -0.440 e. The zero-order valence-electron chi connectivity index (χ0n) is 17.8. The number of piperidine rings is 1. The van der Waals surface area contributed by atoms with Crippen molar-refractivity contribution < 1.29 is 4.42 Å². The largest absolute Gasteiger partial charge is 0.440 e. The lowest BCUT2D eigenvalue weighted by atomic mass is 9.88. The summed E-state index contributed by atoms with van der Waals surface area (Å²) in [7, 11) is 1.99. The SMILES string of the molecule is Cc1ncoc1-c1nnc(SCCCN2CCC3(CC2)C[C@H]3c2ccccc2)n1C. The molecule has 2 fully saturated rings. The Hall–Kier alpha value is -2.12. The predicted octanol–water partition coefficient (Wildman–Crippen LogP) is 4.53. The summed E-state index contributed by atoms with van der Waals surface area (Å²) in [6.45, 7) is 5.58. The van der Waals surface area contributed by atoms with E-state index in [1.165, 1.54) is 51.7 Å².